The molecule has 0 aliphatic carbocycles. The van der Waals surface area contributed by atoms with E-state index in [9.17, 15) is 18.0 Å². The number of alkyl halides is 3. The summed E-state index contributed by atoms with van der Waals surface area (Å²) in [6.07, 6.45) is -3.22. The number of thioether (sulfide) groups is 1. The van der Waals surface area contributed by atoms with E-state index in [1.54, 1.807) is 18.2 Å². The van der Waals surface area contributed by atoms with Gasteiger partial charge in [0.25, 0.3) is 5.95 Å². The summed E-state index contributed by atoms with van der Waals surface area (Å²) in [5.41, 5.74) is 2.08. The molecule has 3 rings (SSSR count). The van der Waals surface area contributed by atoms with Gasteiger partial charge in [0.2, 0.25) is 11.1 Å². The van der Waals surface area contributed by atoms with Crippen LogP contribution in [-0.4, -0.2) is 32.7 Å². The lowest BCUT2D eigenvalue weighted by Crippen LogP contribution is -2.17. The van der Waals surface area contributed by atoms with Crippen molar-refractivity contribution in [2.24, 2.45) is 5.10 Å². The number of aromatic nitrogens is 3. The van der Waals surface area contributed by atoms with Crippen LogP contribution in [-0.2, 0) is 11.0 Å². The van der Waals surface area contributed by atoms with Gasteiger partial charge in [0.15, 0.2) is 0 Å². The first-order chi connectivity index (χ1) is 15.5. The molecule has 0 atom stereocenters. The van der Waals surface area contributed by atoms with Gasteiger partial charge in [-0.05, 0) is 30.3 Å². The molecular weight excluding hydrogens is 526 g/mol. The average molecular weight is 539 g/mol. The summed E-state index contributed by atoms with van der Waals surface area (Å²) in [6.45, 7) is 0. The van der Waals surface area contributed by atoms with Gasteiger partial charge in [0.1, 0.15) is 0 Å². The fourth-order valence-electron chi connectivity index (χ4n) is 2.36. The number of hydrogen-bond acceptors (Lipinski definition) is 7. The number of nitrogens with one attached hydrogen (secondary N) is 2. The minimum atomic E-state index is -4.65. The van der Waals surface area contributed by atoms with E-state index in [-0.39, 0.29) is 22.5 Å². The van der Waals surface area contributed by atoms with Crippen LogP contribution in [0.4, 0.5) is 24.8 Å². The minimum absolute atomic E-state index is 0.0518. The maximum absolute atomic E-state index is 12.9. The Hall–Kier alpha value is -2.67. The topological polar surface area (TPSA) is 110 Å². The Morgan fingerprint density at radius 2 is 1.91 bits per heavy atom. The quantitative estimate of drug-likeness (QED) is 0.166. The van der Waals surface area contributed by atoms with Crippen LogP contribution in [0.2, 0.25) is 15.1 Å². The zero-order valence-corrected chi connectivity index (χ0v) is 19.3. The molecule has 0 saturated carbocycles. The van der Waals surface area contributed by atoms with Crippen molar-refractivity contribution < 1.29 is 18.0 Å². The van der Waals surface area contributed by atoms with Crippen LogP contribution < -0.4 is 16.6 Å². The summed E-state index contributed by atoms with van der Waals surface area (Å²) in [5, 5.41) is 14.5. The van der Waals surface area contributed by atoms with Gasteiger partial charge in [-0.15, -0.1) is 10.2 Å². The number of nitrogens with zero attached hydrogens (tertiary/aromatic N) is 4. The van der Waals surface area contributed by atoms with Gasteiger partial charge in [-0.2, -0.15) is 18.3 Å². The third-order valence-electron chi connectivity index (χ3n) is 3.88. The first kappa shape index (κ1) is 25.0. The van der Waals surface area contributed by atoms with E-state index in [0.29, 0.717) is 15.6 Å². The molecule has 8 nitrogen and oxygen atoms in total. The summed E-state index contributed by atoms with van der Waals surface area (Å²) in [7, 11) is 0. The molecule has 0 aliphatic rings. The smallest absolute Gasteiger partial charge is 0.334 e. The Morgan fingerprint density at radius 1 is 1.15 bits per heavy atom. The maximum Gasteiger partial charge on any atom is 0.417 e. The molecule has 0 spiro atoms. The second kappa shape index (κ2) is 10.5. The van der Waals surface area contributed by atoms with Crippen molar-refractivity contribution in [3.05, 3.63) is 62.6 Å². The van der Waals surface area contributed by atoms with Crippen molar-refractivity contribution in [3.8, 4) is 0 Å². The highest BCUT2D eigenvalue weighted by Crippen LogP contribution is 2.36. The molecular formula is C18H13Cl3F3N7OS. The zero-order valence-electron chi connectivity index (χ0n) is 16.2. The molecule has 4 N–H and O–H groups in total. The molecule has 1 amide bonds. The summed E-state index contributed by atoms with van der Waals surface area (Å²) >= 11 is 18.4. The lowest BCUT2D eigenvalue weighted by molar-refractivity contribution is -0.137. The number of benzene rings is 2. The third-order valence-corrected chi connectivity index (χ3v) is 5.72. The Kier molecular flexibility index (Phi) is 7.95. The number of anilines is 2. The summed E-state index contributed by atoms with van der Waals surface area (Å²) in [5.74, 6) is 5.18. The Bertz CT molecular complexity index is 1200. The highest BCUT2D eigenvalue weighted by Gasteiger charge is 2.33. The molecule has 1 aromatic heterocycles. The number of hydrogen-bond donors (Lipinski definition) is 3. The maximum atomic E-state index is 12.9. The molecule has 1 heterocycles. The largest absolute Gasteiger partial charge is 0.417 e. The highest BCUT2D eigenvalue weighted by molar-refractivity contribution is 7.99. The van der Waals surface area contributed by atoms with Gasteiger partial charge in [-0.1, -0.05) is 52.6 Å². The van der Waals surface area contributed by atoms with Crippen LogP contribution in [0.15, 0.2) is 46.7 Å². The van der Waals surface area contributed by atoms with E-state index in [1.165, 1.54) is 12.3 Å². The van der Waals surface area contributed by atoms with E-state index in [4.69, 9.17) is 40.6 Å². The van der Waals surface area contributed by atoms with E-state index >= 15 is 0 Å². The monoisotopic (exact) mass is 537 g/mol. The summed E-state index contributed by atoms with van der Waals surface area (Å²) in [4.78, 5) is 12.1. The Morgan fingerprint density at radius 3 is 2.61 bits per heavy atom. The van der Waals surface area contributed by atoms with Crippen LogP contribution in [0.1, 0.15) is 11.1 Å². The number of nitrogen functional groups attached to an aromatic ring is 1. The van der Waals surface area contributed by atoms with Crippen molar-refractivity contribution in [1.29, 1.82) is 0 Å². The summed E-state index contributed by atoms with van der Waals surface area (Å²) in [6, 6.07) is 7.94. The fraction of sp³-hybridized carbons (Fsp3) is 0.111. The molecule has 0 bridgehead atoms. The number of nitrogens with two attached hydrogens (primary N) is 1. The fourth-order valence-corrected chi connectivity index (χ4v) is 3.70. The predicted octanol–water partition coefficient (Wildman–Crippen LogP) is 5.15. The van der Waals surface area contributed by atoms with E-state index in [2.05, 4.69) is 26.0 Å². The van der Waals surface area contributed by atoms with Crippen molar-refractivity contribution in [1.82, 2.24) is 14.9 Å². The van der Waals surface area contributed by atoms with Crippen LogP contribution in [0.25, 0.3) is 0 Å². The number of carbonyl (C=O) groups excluding carboxylic acids is 1. The molecule has 0 fully saturated rings. The van der Waals surface area contributed by atoms with Crippen LogP contribution in [0.5, 0.6) is 0 Å². The van der Waals surface area contributed by atoms with Gasteiger partial charge < -0.3 is 11.2 Å². The molecule has 0 saturated heterocycles. The van der Waals surface area contributed by atoms with Crippen LogP contribution in [0.3, 0.4) is 0 Å². The number of rotatable bonds is 7. The normalized spacial score (nSPS) is 11.7. The van der Waals surface area contributed by atoms with E-state index in [1.807, 2.05) is 0 Å². The Labute approximate surface area is 204 Å². The minimum Gasteiger partial charge on any atom is -0.334 e. The highest BCUT2D eigenvalue weighted by atomic mass is 35.5. The first-order valence-corrected chi connectivity index (χ1v) is 10.9. The van der Waals surface area contributed by atoms with Crippen molar-refractivity contribution in [3.63, 3.8) is 0 Å². The molecule has 15 heteroatoms. The second-order valence-corrected chi connectivity index (χ2v) is 8.43. The standard InChI is InChI=1S/C18H13Cl3F3N7OS/c19-10-2-1-9(14(21)5-10)7-26-28-16-29-30-17(31(16)25)33-8-15(32)27-11-3-4-13(20)12(6-11)18(22,23)24/h1-7H,8,25H2,(H,27,32)(H,28,29)/b26-7+. The summed E-state index contributed by atoms with van der Waals surface area (Å²) < 4.78 is 39.9. The van der Waals surface area contributed by atoms with Crippen LogP contribution >= 0.6 is 46.6 Å². The van der Waals surface area contributed by atoms with E-state index in [0.717, 1.165) is 28.6 Å². The lowest BCUT2D eigenvalue weighted by atomic mass is 10.2. The van der Waals surface area contributed by atoms with Gasteiger partial charge >= 0.3 is 6.18 Å². The SMILES string of the molecule is Nn1c(N/N=C/c2ccc(Cl)cc2Cl)nnc1SCC(=O)Nc1ccc(Cl)c(C(F)(F)F)c1. The molecule has 0 radical (unpaired) electrons. The van der Waals surface area contributed by atoms with Gasteiger partial charge in [0, 0.05) is 16.3 Å². The molecule has 3 aromatic rings. The molecule has 0 unspecified atom stereocenters. The van der Waals surface area contributed by atoms with Crippen molar-refractivity contribution >= 4 is 70.3 Å². The van der Waals surface area contributed by atoms with Crippen molar-refractivity contribution in [2.45, 2.75) is 11.3 Å². The molecule has 0 aliphatic heterocycles. The molecule has 33 heavy (non-hydrogen) atoms. The predicted molar refractivity (Wildman–Crippen MR) is 124 cm³/mol. The number of amides is 1. The van der Waals surface area contributed by atoms with Gasteiger partial charge in [-0.25, -0.2) is 10.1 Å². The van der Waals surface area contributed by atoms with Crippen LogP contribution in [0, 0.1) is 0 Å². The van der Waals surface area contributed by atoms with E-state index < -0.39 is 22.7 Å². The zero-order chi connectivity index (χ0) is 24.2. The van der Waals surface area contributed by atoms with Crippen molar-refractivity contribution in [2.75, 3.05) is 22.3 Å². The molecule has 174 valence electrons. The van der Waals surface area contributed by atoms with Gasteiger partial charge in [-0.3, -0.25) is 4.79 Å². The third kappa shape index (κ3) is 6.67. The average Bonchev–Trinajstić information content (AvgIpc) is 3.08. The second-order valence-electron chi connectivity index (χ2n) is 6.24. The number of halogens is 6. The molecule has 2 aromatic carbocycles. The van der Waals surface area contributed by atoms with Gasteiger partial charge in [0.05, 0.1) is 27.6 Å². The Balaban J connectivity index is 1.57. The number of hydrazone groups is 1. The number of carbonyl (C=O) groups is 1. The first-order valence-electron chi connectivity index (χ1n) is 8.78. The lowest BCUT2D eigenvalue weighted by Gasteiger charge is -2.11.